The number of carbonyl (C=O) groups excluding carboxylic acids is 3. The molecular weight excluding hydrogens is 757 g/mol. The average Bonchev–Trinajstić information content (AvgIpc) is 3.24. The highest BCUT2D eigenvalue weighted by molar-refractivity contribution is 5.71. The average molecular weight is 863 g/mol. The molecule has 0 aromatic carbocycles. The summed E-state index contributed by atoms with van der Waals surface area (Å²) in [6, 6.07) is 0. The summed E-state index contributed by atoms with van der Waals surface area (Å²) in [6.07, 6.45) is 46.6. The van der Waals surface area contributed by atoms with Crippen molar-refractivity contribution in [3.05, 3.63) is 0 Å². The summed E-state index contributed by atoms with van der Waals surface area (Å²) in [7, 11) is 0. The highest BCUT2D eigenvalue weighted by Crippen LogP contribution is 2.19. The predicted molar refractivity (Wildman–Crippen MR) is 261 cm³/mol. The smallest absolute Gasteiger partial charge is 0.306 e. The van der Waals surface area contributed by atoms with Gasteiger partial charge in [0.05, 0.1) is 0 Å². The largest absolute Gasteiger partial charge is 0.462 e. The first-order chi connectivity index (χ1) is 29.7. The molecule has 0 fully saturated rings. The molecular formula is C55H106O6. The molecule has 0 saturated heterocycles. The van der Waals surface area contributed by atoms with Gasteiger partial charge in [-0.15, -0.1) is 0 Å². The maximum absolute atomic E-state index is 12.8. The van der Waals surface area contributed by atoms with Crippen LogP contribution in [0.5, 0.6) is 0 Å². The SMILES string of the molecule is CCC(C)CCCCCCCCCCCCCCCCC(=O)OC[C@@H](COC(=O)CCCCCCCCCCCCCCC(C)C)OC(=O)CCCCCCCCC(C)CC. The molecule has 0 aliphatic carbocycles. The highest BCUT2D eigenvalue weighted by Gasteiger charge is 2.19. The Morgan fingerprint density at radius 3 is 0.852 bits per heavy atom. The van der Waals surface area contributed by atoms with Crippen molar-refractivity contribution in [2.24, 2.45) is 17.8 Å². The van der Waals surface area contributed by atoms with Crippen LogP contribution < -0.4 is 0 Å². The lowest BCUT2D eigenvalue weighted by Gasteiger charge is -2.18. The van der Waals surface area contributed by atoms with Gasteiger partial charge in [-0.3, -0.25) is 14.4 Å². The van der Waals surface area contributed by atoms with Gasteiger partial charge in [-0.1, -0.05) is 260 Å². The third-order valence-electron chi connectivity index (χ3n) is 13.1. The van der Waals surface area contributed by atoms with Gasteiger partial charge < -0.3 is 14.2 Å². The van der Waals surface area contributed by atoms with Crippen LogP contribution >= 0.6 is 0 Å². The third kappa shape index (κ3) is 46.2. The van der Waals surface area contributed by atoms with Crippen molar-refractivity contribution >= 4 is 17.9 Å². The lowest BCUT2D eigenvalue weighted by atomic mass is 9.99. The molecule has 0 aromatic heterocycles. The Kier molecular flexibility index (Phi) is 45.2. The molecule has 0 saturated carbocycles. The molecule has 6 nitrogen and oxygen atoms in total. The van der Waals surface area contributed by atoms with Gasteiger partial charge >= 0.3 is 17.9 Å². The normalized spacial score (nSPS) is 13.0. The van der Waals surface area contributed by atoms with Crippen molar-refractivity contribution in [3.8, 4) is 0 Å². The molecule has 0 aliphatic rings. The Morgan fingerprint density at radius 2 is 0.574 bits per heavy atom. The number of carbonyl (C=O) groups is 3. The Hall–Kier alpha value is -1.59. The standard InChI is InChI=1S/C55H106O6/c1-7-50(5)42-36-30-24-20-16-11-9-10-12-17-21-25-32-38-44-53(56)59-47-52(61-55(58)46-40-34-28-27-31-37-43-51(6)8-2)48-60-54(57)45-39-33-26-22-18-14-13-15-19-23-29-35-41-49(3)4/h49-52H,7-48H2,1-6H3/t50?,51?,52-/m0/s1. The Morgan fingerprint density at radius 1 is 0.328 bits per heavy atom. The summed E-state index contributed by atoms with van der Waals surface area (Å²) >= 11 is 0. The van der Waals surface area contributed by atoms with Crippen LogP contribution in [0, 0.1) is 17.8 Å². The van der Waals surface area contributed by atoms with Gasteiger partial charge in [-0.25, -0.2) is 0 Å². The molecule has 362 valence electrons. The van der Waals surface area contributed by atoms with E-state index in [1.54, 1.807) is 0 Å². The minimum absolute atomic E-state index is 0.0651. The molecule has 0 aliphatic heterocycles. The van der Waals surface area contributed by atoms with Gasteiger partial charge in [-0.05, 0) is 37.0 Å². The van der Waals surface area contributed by atoms with E-state index in [-0.39, 0.29) is 31.1 Å². The molecule has 0 rings (SSSR count). The van der Waals surface area contributed by atoms with Gasteiger partial charge in [0.25, 0.3) is 0 Å². The molecule has 0 amide bonds. The van der Waals surface area contributed by atoms with E-state index in [9.17, 15) is 14.4 Å². The zero-order valence-corrected chi connectivity index (χ0v) is 42.0. The van der Waals surface area contributed by atoms with Crippen LogP contribution in [0.1, 0.15) is 298 Å². The number of esters is 3. The second-order valence-electron chi connectivity index (χ2n) is 19.8. The van der Waals surface area contributed by atoms with Crippen LogP contribution in [0.3, 0.4) is 0 Å². The summed E-state index contributed by atoms with van der Waals surface area (Å²) < 4.78 is 16.8. The quantitative estimate of drug-likeness (QED) is 0.0344. The van der Waals surface area contributed by atoms with E-state index in [1.165, 1.54) is 180 Å². The third-order valence-corrected chi connectivity index (χ3v) is 13.1. The fourth-order valence-corrected chi connectivity index (χ4v) is 8.23. The molecule has 3 atom stereocenters. The predicted octanol–water partition coefficient (Wildman–Crippen LogP) is 17.6. The Balaban J connectivity index is 4.26. The van der Waals surface area contributed by atoms with Crippen molar-refractivity contribution < 1.29 is 28.6 Å². The molecule has 61 heavy (non-hydrogen) atoms. The van der Waals surface area contributed by atoms with Crippen LogP contribution in [-0.2, 0) is 28.6 Å². The fraction of sp³-hybridized carbons (Fsp3) is 0.945. The number of rotatable bonds is 48. The summed E-state index contributed by atoms with van der Waals surface area (Å²) in [5.41, 5.74) is 0. The van der Waals surface area contributed by atoms with E-state index in [2.05, 4.69) is 41.5 Å². The fourth-order valence-electron chi connectivity index (χ4n) is 8.23. The number of hydrogen-bond acceptors (Lipinski definition) is 6. The topological polar surface area (TPSA) is 78.9 Å². The monoisotopic (exact) mass is 863 g/mol. The maximum Gasteiger partial charge on any atom is 0.306 e. The number of hydrogen-bond donors (Lipinski definition) is 0. The molecule has 0 bridgehead atoms. The lowest BCUT2D eigenvalue weighted by Crippen LogP contribution is -2.30. The number of unbranched alkanes of at least 4 members (excludes halogenated alkanes) is 29. The van der Waals surface area contributed by atoms with Gasteiger partial charge in [0.15, 0.2) is 6.10 Å². The summed E-state index contributed by atoms with van der Waals surface area (Å²) in [5.74, 6) is 1.69. The first kappa shape index (κ1) is 59.4. The Bertz CT molecular complexity index is 949. The first-order valence-electron chi connectivity index (χ1n) is 27.2. The van der Waals surface area contributed by atoms with E-state index in [1.807, 2.05) is 0 Å². The number of ether oxygens (including phenoxy) is 3. The van der Waals surface area contributed by atoms with Crippen LogP contribution in [0.2, 0.25) is 0 Å². The van der Waals surface area contributed by atoms with E-state index >= 15 is 0 Å². The molecule has 0 heterocycles. The summed E-state index contributed by atoms with van der Waals surface area (Å²) in [6.45, 7) is 13.7. The van der Waals surface area contributed by atoms with Gasteiger partial charge in [-0.2, -0.15) is 0 Å². The van der Waals surface area contributed by atoms with Crippen molar-refractivity contribution in [1.82, 2.24) is 0 Å². The van der Waals surface area contributed by atoms with Crippen molar-refractivity contribution in [2.45, 2.75) is 304 Å². The second-order valence-corrected chi connectivity index (χ2v) is 19.8. The van der Waals surface area contributed by atoms with Crippen LogP contribution in [0.15, 0.2) is 0 Å². The molecule has 0 aromatic rings. The second kappa shape index (κ2) is 46.4. The van der Waals surface area contributed by atoms with Crippen LogP contribution in [-0.4, -0.2) is 37.2 Å². The zero-order valence-electron chi connectivity index (χ0n) is 42.0. The summed E-state index contributed by atoms with van der Waals surface area (Å²) in [5, 5.41) is 0. The Labute approximate surface area is 380 Å². The van der Waals surface area contributed by atoms with E-state index in [0.717, 1.165) is 75.5 Å². The highest BCUT2D eigenvalue weighted by atomic mass is 16.6. The first-order valence-corrected chi connectivity index (χ1v) is 27.2. The molecule has 6 heteroatoms. The van der Waals surface area contributed by atoms with Crippen LogP contribution in [0.25, 0.3) is 0 Å². The van der Waals surface area contributed by atoms with Gasteiger partial charge in [0.1, 0.15) is 13.2 Å². The van der Waals surface area contributed by atoms with Crippen molar-refractivity contribution in [1.29, 1.82) is 0 Å². The minimum Gasteiger partial charge on any atom is -0.462 e. The minimum atomic E-state index is -0.763. The van der Waals surface area contributed by atoms with E-state index < -0.39 is 6.10 Å². The van der Waals surface area contributed by atoms with Crippen molar-refractivity contribution in [3.63, 3.8) is 0 Å². The lowest BCUT2D eigenvalue weighted by molar-refractivity contribution is -0.167. The van der Waals surface area contributed by atoms with Gasteiger partial charge in [0.2, 0.25) is 0 Å². The molecule has 2 unspecified atom stereocenters. The zero-order chi connectivity index (χ0) is 44.9. The molecule has 0 spiro atoms. The maximum atomic E-state index is 12.8. The van der Waals surface area contributed by atoms with E-state index in [4.69, 9.17) is 14.2 Å². The van der Waals surface area contributed by atoms with Gasteiger partial charge in [0, 0.05) is 19.3 Å². The van der Waals surface area contributed by atoms with E-state index in [0.29, 0.717) is 19.3 Å². The van der Waals surface area contributed by atoms with Crippen molar-refractivity contribution in [2.75, 3.05) is 13.2 Å². The molecule has 0 radical (unpaired) electrons. The molecule has 0 N–H and O–H groups in total. The summed E-state index contributed by atoms with van der Waals surface area (Å²) in [4.78, 5) is 38.0. The van der Waals surface area contributed by atoms with Crippen LogP contribution in [0.4, 0.5) is 0 Å².